The van der Waals surface area contributed by atoms with Crippen molar-refractivity contribution in [3.8, 4) is 11.4 Å². The van der Waals surface area contributed by atoms with Gasteiger partial charge in [0.1, 0.15) is 11.6 Å². The minimum Gasteiger partial charge on any atom is -0.494 e. The van der Waals surface area contributed by atoms with Gasteiger partial charge in [-0.25, -0.2) is 0 Å². The lowest BCUT2D eigenvalue weighted by molar-refractivity contribution is -0.118. The number of aromatic nitrogens is 3. The summed E-state index contributed by atoms with van der Waals surface area (Å²) < 4.78 is 8.43. The smallest absolute Gasteiger partial charge is 0.216 e. The molecule has 0 atom stereocenters. The Morgan fingerprint density at radius 3 is 2.61 bits per heavy atom. The molecule has 0 aliphatic rings. The zero-order chi connectivity index (χ0) is 22.2. The quantitative estimate of drug-likeness (QED) is 0.226. The molecule has 0 radical (unpaired) electrons. The first kappa shape index (κ1) is 23.5. The number of carbonyl (C=O) groups excluding carboxylic acids is 2. The number of thioether (sulfide) groups is 1. The number of aryl methyl sites for hydroxylation is 1. The van der Waals surface area contributed by atoms with Crippen LogP contribution in [-0.2, 0) is 11.2 Å². The highest BCUT2D eigenvalue weighted by molar-refractivity contribution is 9.11. The highest BCUT2D eigenvalue weighted by atomic mass is 79.9. The molecule has 31 heavy (non-hydrogen) atoms. The molecule has 2 heterocycles. The Balaban J connectivity index is 1.78. The van der Waals surface area contributed by atoms with Gasteiger partial charge in [-0.3, -0.25) is 14.2 Å². The van der Waals surface area contributed by atoms with Crippen LogP contribution in [0.4, 0.5) is 0 Å². The minimum absolute atomic E-state index is 0.0501. The summed E-state index contributed by atoms with van der Waals surface area (Å²) in [5.74, 6) is 1.84. The van der Waals surface area contributed by atoms with Crippen LogP contribution < -0.4 is 10.1 Å². The van der Waals surface area contributed by atoms with Gasteiger partial charge in [0, 0.05) is 25.6 Å². The number of amides is 1. The predicted molar refractivity (Wildman–Crippen MR) is 127 cm³/mol. The predicted octanol–water partition coefficient (Wildman–Crippen LogP) is 4.53. The SMILES string of the molecule is CCOc1ccc(-n2c(CCCNC(C)=O)nnc2SCC(=O)c2ccc(Br)s2)cc1. The normalized spacial score (nSPS) is 10.8. The number of thiophene rings is 1. The maximum atomic E-state index is 12.5. The molecule has 1 aromatic carbocycles. The number of ketones is 1. The van der Waals surface area contributed by atoms with Crippen LogP contribution in [0.2, 0.25) is 0 Å². The molecule has 0 bridgehead atoms. The van der Waals surface area contributed by atoms with Crippen molar-refractivity contribution in [1.29, 1.82) is 0 Å². The summed E-state index contributed by atoms with van der Waals surface area (Å²) in [7, 11) is 0. The Morgan fingerprint density at radius 1 is 1.19 bits per heavy atom. The third kappa shape index (κ3) is 6.65. The molecule has 0 saturated heterocycles. The van der Waals surface area contributed by atoms with Crippen LogP contribution >= 0.6 is 39.0 Å². The Morgan fingerprint density at radius 2 is 1.97 bits per heavy atom. The molecule has 0 spiro atoms. The summed E-state index contributed by atoms with van der Waals surface area (Å²) in [6.45, 7) is 4.61. The molecule has 0 unspecified atom stereocenters. The average Bonchev–Trinajstić information content (AvgIpc) is 3.36. The van der Waals surface area contributed by atoms with Crippen LogP contribution in [0, 0.1) is 0 Å². The molecule has 3 aromatic rings. The van der Waals surface area contributed by atoms with Gasteiger partial charge in [0.15, 0.2) is 10.9 Å². The zero-order valence-electron chi connectivity index (χ0n) is 17.3. The first-order chi connectivity index (χ1) is 15.0. The van der Waals surface area contributed by atoms with Gasteiger partial charge in [0.2, 0.25) is 5.91 Å². The van der Waals surface area contributed by atoms with E-state index in [4.69, 9.17) is 4.74 Å². The first-order valence-electron chi connectivity index (χ1n) is 9.81. The lowest BCUT2D eigenvalue weighted by Crippen LogP contribution is -2.21. The standard InChI is InChI=1S/C21H23BrN4O3S2/c1-3-29-16-8-6-15(7-9-16)26-20(5-4-12-23-14(2)27)24-25-21(26)30-13-17(28)18-10-11-19(22)31-18/h6-11H,3-5,12-13H2,1-2H3,(H,23,27). The second kappa shape index (κ2) is 11.4. The zero-order valence-corrected chi connectivity index (χ0v) is 20.5. The van der Waals surface area contributed by atoms with Crippen molar-refractivity contribution in [2.75, 3.05) is 18.9 Å². The molecule has 0 saturated carbocycles. The average molecular weight is 523 g/mol. The molecule has 0 aliphatic carbocycles. The Hall–Kier alpha value is -2.17. The van der Waals surface area contributed by atoms with Crippen LogP contribution in [0.1, 0.15) is 35.8 Å². The first-order valence-corrected chi connectivity index (χ1v) is 12.4. The summed E-state index contributed by atoms with van der Waals surface area (Å²) in [6, 6.07) is 11.4. The number of Topliss-reactive ketones (excluding diaryl/α,β-unsaturated/α-hetero) is 1. The lowest BCUT2D eigenvalue weighted by atomic mass is 10.2. The van der Waals surface area contributed by atoms with E-state index < -0.39 is 0 Å². The largest absolute Gasteiger partial charge is 0.494 e. The van der Waals surface area contributed by atoms with E-state index in [1.165, 1.54) is 30.0 Å². The van der Waals surface area contributed by atoms with E-state index in [1.807, 2.05) is 47.9 Å². The summed E-state index contributed by atoms with van der Waals surface area (Å²) in [4.78, 5) is 24.3. The third-order valence-corrected chi connectivity index (χ3v) is 6.83. The lowest BCUT2D eigenvalue weighted by Gasteiger charge is -2.11. The minimum atomic E-state index is -0.0528. The number of nitrogens with zero attached hydrogens (tertiary/aromatic N) is 3. The fourth-order valence-corrected chi connectivity index (χ4v) is 5.12. The maximum Gasteiger partial charge on any atom is 0.216 e. The maximum absolute atomic E-state index is 12.5. The van der Waals surface area contributed by atoms with Gasteiger partial charge in [-0.05, 0) is 65.7 Å². The van der Waals surface area contributed by atoms with Gasteiger partial charge in [0.25, 0.3) is 0 Å². The second-order valence-corrected chi connectivity index (χ2v) is 9.97. The number of hydrogen-bond acceptors (Lipinski definition) is 7. The number of hydrogen-bond donors (Lipinski definition) is 1. The molecule has 1 amide bonds. The molecular weight excluding hydrogens is 500 g/mol. The number of ether oxygens (including phenoxy) is 1. The van der Waals surface area contributed by atoms with Crippen molar-refractivity contribution < 1.29 is 14.3 Å². The van der Waals surface area contributed by atoms with E-state index in [0.29, 0.717) is 29.6 Å². The van der Waals surface area contributed by atoms with E-state index in [1.54, 1.807) is 0 Å². The highest BCUT2D eigenvalue weighted by Gasteiger charge is 2.17. The van der Waals surface area contributed by atoms with Gasteiger partial charge in [-0.2, -0.15) is 0 Å². The van der Waals surface area contributed by atoms with Crippen molar-refractivity contribution in [2.45, 2.75) is 31.8 Å². The van der Waals surface area contributed by atoms with E-state index >= 15 is 0 Å². The number of benzene rings is 1. The summed E-state index contributed by atoms with van der Waals surface area (Å²) in [6.07, 6.45) is 1.38. The van der Waals surface area contributed by atoms with Crippen molar-refractivity contribution in [3.63, 3.8) is 0 Å². The van der Waals surface area contributed by atoms with Crippen LogP contribution in [-0.4, -0.2) is 45.4 Å². The van der Waals surface area contributed by atoms with Gasteiger partial charge >= 0.3 is 0 Å². The number of carbonyl (C=O) groups is 2. The van der Waals surface area contributed by atoms with Crippen molar-refractivity contribution >= 4 is 50.7 Å². The summed E-state index contributed by atoms with van der Waals surface area (Å²) in [5.41, 5.74) is 0.900. The highest BCUT2D eigenvalue weighted by Crippen LogP contribution is 2.27. The monoisotopic (exact) mass is 522 g/mol. The van der Waals surface area contributed by atoms with Gasteiger partial charge in [-0.15, -0.1) is 21.5 Å². The van der Waals surface area contributed by atoms with E-state index in [0.717, 1.165) is 27.5 Å². The van der Waals surface area contributed by atoms with Gasteiger partial charge < -0.3 is 10.1 Å². The Kier molecular flexibility index (Phi) is 8.68. The molecule has 10 heteroatoms. The number of nitrogens with one attached hydrogen (secondary N) is 1. The topological polar surface area (TPSA) is 86.1 Å². The summed E-state index contributed by atoms with van der Waals surface area (Å²) >= 11 is 6.18. The van der Waals surface area contributed by atoms with Gasteiger partial charge in [-0.1, -0.05) is 11.8 Å². The van der Waals surface area contributed by atoms with Crippen LogP contribution in [0.3, 0.4) is 0 Å². The molecule has 3 rings (SSSR count). The van der Waals surface area contributed by atoms with Crippen molar-refractivity contribution in [3.05, 3.63) is 50.9 Å². The number of rotatable bonds is 11. The van der Waals surface area contributed by atoms with Crippen LogP contribution in [0.25, 0.3) is 5.69 Å². The molecule has 7 nitrogen and oxygen atoms in total. The molecular formula is C21H23BrN4O3S2. The Labute approximate surface area is 197 Å². The number of halogens is 1. The van der Waals surface area contributed by atoms with E-state index in [9.17, 15) is 9.59 Å². The second-order valence-electron chi connectivity index (χ2n) is 6.56. The molecule has 0 fully saturated rings. The van der Waals surface area contributed by atoms with E-state index in [-0.39, 0.29) is 17.4 Å². The Bertz CT molecular complexity index is 1030. The van der Waals surface area contributed by atoms with E-state index in [2.05, 4.69) is 31.4 Å². The third-order valence-electron chi connectivity index (χ3n) is 4.24. The van der Waals surface area contributed by atoms with Crippen LogP contribution in [0.15, 0.2) is 45.3 Å². The van der Waals surface area contributed by atoms with Crippen molar-refractivity contribution in [2.24, 2.45) is 0 Å². The fraction of sp³-hybridized carbons (Fsp3) is 0.333. The van der Waals surface area contributed by atoms with Crippen molar-refractivity contribution in [1.82, 2.24) is 20.1 Å². The molecule has 1 N–H and O–H groups in total. The molecule has 0 aliphatic heterocycles. The van der Waals surface area contributed by atoms with Crippen LogP contribution in [0.5, 0.6) is 5.75 Å². The fourth-order valence-electron chi connectivity index (χ4n) is 2.85. The summed E-state index contributed by atoms with van der Waals surface area (Å²) in [5, 5.41) is 12.1. The van der Waals surface area contributed by atoms with Gasteiger partial charge in [0.05, 0.1) is 21.0 Å². The molecule has 2 aromatic heterocycles. The molecule has 164 valence electrons.